The van der Waals surface area contributed by atoms with Crippen LogP contribution in [0, 0.1) is 29.1 Å². The topological polar surface area (TPSA) is 35.8 Å². The molecule has 1 N–H and O–H groups in total. The third-order valence-corrected chi connectivity index (χ3v) is 4.45. The fourth-order valence-electron chi connectivity index (χ4n) is 2.96. The van der Waals surface area contributed by atoms with Gasteiger partial charge in [0.25, 0.3) is 0 Å². The summed E-state index contributed by atoms with van der Waals surface area (Å²) in [5, 5.41) is 12.3. The van der Waals surface area contributed by atoms with Crippen LogP contribution >= 0.6 is 0 Å². The molecule has 0 spiro atoms. The van der Waals surface area contributed by atoms with Crippen LogP contribution in [0.3, 0.4) is 0 Å². The highest BCUT2D eigenvalue weighted by atomic mass is 19.4. The van der Waals surface area contributed by atoms with Crippen LogP contribution in [-0.2, 0) is 6.18 Å². The van der Waals surface area contributed by atoms with Crippen LogP contribution in [0.15, 0.2) is 18.2 Å². The molecule has 3 rings (SSSR count). The molecule has 2 saturated carbocycles. The molecule has 0 amide bonds. The van der Waals surface area contributed by atoms with E-state index in [9.17, 15) is 13.2 Å². The van der Waals surface area contributed by atoms with E-state index in [1.54, 1.807) is 0 Å². The number of anilines is 1. The molecule has 0 aliphatic heterocycles. The standard InChI is InChI=1S/C16H17F3N2/c17-16(18,19)13-5-6-15(12(7-13)8-20)21-9-14(10-1-2-10)11-3-4-11/h5-7,10-11,14,21H,1-4,9H2. The molecule has 5 heteroatoms. The molecule has 112 valence electrons. The van der Waals surface area contributed by atoms with Gasteiger partial charge in [0, 0.05) is 6.54 Å². The second kappa shape index (κ2) is 5.25. The van der Waals surface area contributed by atoms with Gasteiger partial charge < -0.3 is 5.32 Å². The van der Waals surface area contributed by atoms with E-state index in [0.717, 1.165) is 30.5 Å². The van der Waals surface area contributed by atoms with E-state index in [0.29, 0.717) is 11.6 Å². The van der Waals surface area contributed by atoms with E-state index in [1.165, 1.54) is 31.7 Å². The van der Waals surface area contributed by atoms with E-state index >= 15 is 0 Å². The molecule has 0 atom stereocenters. The van der Waals surface area contributed by atoms with Crippen LogP contribution in [0.25, 0.3) is 0 Å². The molecule has 0 heterocycles. The summed E-state index contributed by atoms with van der Waals surface area (Å²) in [6, 6.07) is 5.19. The van der Waals surface area contributed by atoms with Crippen molar-refractivity contribution in [1.82, 2.24) is 0 Å². The van der Waals surface area contributed by atoms with Crippen molar-refractivity contribution in [3.05, 3.63) is 29.3 Å². The molecule has 0 unspecified atom stereocenters. The molecule has 0 bridgehead atoms. The molecule has 0 radical (unpaired) electrons. The number of alkyl halides is 3. The highest BCUT2D eigenvalue weighted by Gasteiger charge is 2.41. The molecule has 0 saturated heterocycles. The van der Waals surface area contributed by atoms with E-state index in [-0.39, 0.29) is 5.56 Å². The first kappa shape index (κ1) is 14.2. The van der Waals surface area contributed by atoms with Gasteiger partial charge in [-0.3, -0.25) is 0 Å². The van der Waals surface area contributed by atoms with Gasteiger partial charge >= 0.3 is 6.18 Å². The number of halogens is 3. The minimum atomic E-state index is -4.41. The minimum Gasteiger partial charge on any atom is -0.384 e. The molecule has 2 nitrogen and oxygen atoms in total. The first-order valence-corrected chi connectivity index (χ1v) is 7.34. The van der Waals surface area contributed by atoms with Gasteiger partial charge in [0.05, 0.1) is 16.8 Å². The fraction of sp³-hybridized carbons (Fsp3) is 0.562. The van der Waals surface area contributed by atoms with E-state index < -0.39 is 11.7 Å². The van der Waals surface area contributed by atoms with Gasteiger partial charge in [-0.1, -0.05) is 0 Å². The van der Waals surface area contributed by atoms with Crippen LogP contribution in [0.5, 0.6) is 0 Å². The molecule has 2 fully saturated rings. The lowest BCUT2D eigenvalue weighted by Crippen LogP contribution is -2.19. The Labute approximate surface area is 122 Å². The normalized spacial score (nSPS) is 18.6. The van der Waals surface area contributed by atoms with Crippen molar-refractivity contribution >= 4 is 5.69 Å². The lowest BCUT2D eigenvalue weighted by molar-refractivity contribution is -0.137. The van der Waals surface area contributed by atoms with Crippen molar-refractivity contribution in [1.29, 1.82) is 5.26 Å². The molecule has 1 aromatic carbocycles. The molecular formula is C16H17F3N2. The number of rotatable bonds is 5. The highest BCUT2D eigenvalue weighted by molar-refractivity contribution is 5.59. The molecule has 2 aliphatic carbocycles. The summed E-state index contributed by atoms with van der Waals surface area (Å²) in [4.78, 5) is 0. The van der Waals surface area contributed by atoms with Crippen molar-refractivity contribution in [2.75, 3.05) is 11.9 Å². The molecule has 0 aromatic heterocycles. The van der Waals surface area contributed by atoms with Crippen molar-refractivity contribution < 1.29 is 13.2 Å². The van der Waals surface area contributed by atoms with Gasteiger partial charge in [0.2, 0.25) is 0 Å². The predicted molar refractivity (Wildman–Crippen MR) is 73.6 cm³/mol. The van der Waals surface area contributed by atoms with Gasteiger partial charge in [-0.05, 0) is 61.6 Å². The summed E-state index contributed by atoms with van der Waals surface area (Å²) in [5.74, 6) is 2.15. The number of nitrogens with one attached hydrogen (secondary N) is 1. The first-order valence-electron chi connectivity index (χ1n) is 7.34. The third kappa shape index (κ3) is 3.31. The summed E-state index contributed by atoms with van der Waals surface area (Å²) in [7, 11) is 0. The number of nitriles is 1. The Morgan fingerprint density at radius 2 is 1.81 bits per heavy atom. The number of nitrogens with zero attached hydrogens (tertiary/aromatic N) is 1. The summed E-state index contributed by atoms with van der Waals surface area (Å²) < 4.78 is 37.9. The van der Waals surface area contributed by atoms with E-state index in [4.69, 9.17) is 5.26 Å². The quantitative estimate of drug-likeness (QED) is 0.872. The predicted octanol–water partition coefficient (Wildman–Crippen LogP) is 4.43. The Bertz CT molecular complexity index is 554. The van der Waals surface area contributed by atoms with Crippen LogP contribution in [0.2, 0.25) is 0 Å². The molecule has 1 aromatic rings. The van der Waals surface area contributed by atoms with E-state index in [2.05, 4.69) is 5.32 Å². The maximum atomic E-state index is 12.6. The second-order valence-electron chi connectivity index (χ2n) is 6.09. The average molecular weight is 294 g/mol. The maximum Gasteiger partial charge on any atom is 0.416 e. The van der Waals surface area contributed by atoms with Gasteiger partial charge in [0.15, 0.2) is 0 Å². The van der Waals surface area contributed by atoms with Crippen molar-refractivity contribution in [2.45, 2.75) is 31.9 Å². The summed E-state index contributed by atoms with van der Waals surface area (Å²) in [6.07, 6.45) is 0.651. The van der Waals surface area contributed by atoms with E-state index in [1.807, 2.05) is 6.07 Å². The number of hydrogen-bond acceptors (Lipinski definition) is 2. The van der Waals surface area contributed by atoms with Gasteiger partial charge in [0.1, 0.15) is 6.07 Å². The van der Waals surface area contributed by atoms with Gasteiger partial charge in [-0.2, -0.15) is 18.4 Å². The minimum absolute atomic E-state index is 0.0650. The summed E-state index contributed by atoms with van der Waals surface area (Å²) >= 11 is 0. The zero-order valence-corrected chi connectivity index (χ0v) is 11.6. The lowest BCUT2D eigenvalue weighted by Gasteiger charge is -2.18. The zero-order valence-electron chi connectivity index (χ0n) is 11.6. The lowest BCUT2D eigenvalue weighted by atomic mass is 9.97. The Kier molecular flexibility index (Phi) is 3.56. The number of benzene rings is 1. The smallest absolute Gasteiger partial charge is 0.384 e. The Hall–Kier alpha value is -1.70. The maximum absolute atomic E-state index is 12.6. The van der Waals surface area contributed by atoms with Crippen molar-refractivity contribution in [2.24, 2.45) is 17.8 Å². The summed E-state index contributed by atoms with van der Waals surface area (Å²) in [5.41, 5.74) is -0.197. The highest BCUT2D eigenvalue weighted by Crippen LogP contribution is 2.49. The Balaban J connectivity index is 1.71. The third-order valence-electron chi connectivity index (χ3n) is 4.45. The molecule has 21 heavy (non-hydrogen) atoms. The Morgan fingerprint density at radius 1 is 1.19 bits per heavy atom. The molecule has 2 aliphatic rings. The van der Waals surface area contributed by atoms with Crippen LogP contribution in [-0.4, -0.2) is 6.54 Å². The largest absolute Gasteiger partial charge is 0.416 e. The SMILES string of the molecule is N#Cc1cc(C(F)(F)F)ccc1NCC(C1CC1)C1CC1. The molecular weight excluding hydrogens is 277 g/mol. The average Bonchev–Trinajstić information content (AvgIpc) is 3.31. The first-order chi connectivity index (χ1) is 9.99. The van der Waals surface area contributed by atoms with Gasteiger partial charge in [-0.15, -0.1) is 0 Å². The van der Waals surface area contributed by atoms with Crippen LogP contribution in [0.4, 0.5) is 18.9 Å². The van der Waals surface area contributed by atoms with Crippen molar-refractivity contribution in [3.63, 3.8) is 0 Å². The van der Waals surface area contributed by atoms with Crippen LogP contribution in [0.1, 0.15) is 36.8 Å². The van der Waals surface area contributed by atoms with Gasteiger partial charge in [-0.25, -0.2) is 0 Å². The fourth-order valence-corrected chi connectivity index (χ4v) is 2.96. The summed E-state index contributed by atoms with van der Waals surface area (Å²) in [6.45, 7) is 0.759. The monoisotopic (exact) mass is 294 g/mol. The van der Waals surface area contributed by atoms with Crippen molar-refractivity contribution in [3.8, 4) is 6.07 Å². The number of hydrogen-bond donors (Lipinski definition) is 1. The Morgan fingerprint density at radius 3 is 2.29 bits per heavy atom. The zero-order chi connectivity index (χ0) is 15.0. The van der Waals surface area contributed by atoms with Crippen LogP contribution < -0.4 is 5.32 Å². The second-order valence-corrected chi connectivity index (χ2v) is 6.09.